The van der Waals surface area contributed by atoms with Crippen molar-refractivity contribution in [2.45, 2.75) is 51.7 Å². The minimum Gasteiger partial charge on any atom is -0.374 e. The molecule has 1 fully saturated rings. The number of hydrogen-bond acceptors (Lipinski definition) is 2. The van der Waals surface area contributed by atoms with Crippen LogP contribution in [0.5, 0.6) is 0 Å². The van der Waals surface area contributed by atoms with Crippen LogP contribution in [0, 0.1) is 11.8 Å². The molecule has 2 nitrogen and oxygen atoms in total. The monoisotopic (exact) mass is 195 g/mol. The van der Waals surface area contributed by atoms with Gasteiger partial charge >= 0.3 is 0 Å². The lowest BCUT2D eigenvalue weighted by Crippen LogP contribution is -2.48. The Morgan fingerprint density at radius 1 is 1.57 bits per heavy atom. The van der Waals surface area contributed by atoms with Gasteiger partial charge in [0.25, 0.3) is 0 Å². The van der Waals surface area contributed by atoms with Gasteiger partial charge in [-0.15, -0.1) is 11.8 Å². The molecule has 1 aliphatic heterocycles. The van der Waals surface area contributed by atoms with Gasteiger partial charge in [-0.25, -0.2) is 0 Å². The Morgan fingerprint density at radius 3 is 2.86 bits per heavy atom. The fourth-order valence-electron chi connectivity index (χ4n) is 2.03. The molecule has 0 aromatic rings. The van der Waals surface area contributed by atoms with E-state index in [0.717, 1.165) is 26.0 Å². The van der Waals surface area contributed by atoms with E-state index in [1.54, 1.807) is 0 Å². The highest BCUT2D eigenvalue weighted by Crippen LogP contribution is 2.29. The van der Waals surface area contributed by atoms with Gasteiger partial charge in [0.2, 0.25) is 0 Å². The van der Waals surface area contributed by atoms with E-state index in [0.29, 0.717) is 6.04 Å². The fourth-order valence-corrected chi connectivity index (χ4v) is 2.03. The Morgan fingerprint density at radius 2 is 2.36 bits per heavy atom. The zero-order chi connectivity index (χ0) is 10.4. The summed E-state index contributed by atoms with van der Waals surface area (Å²) in [5, 5.41) is 3.47. The van der Waals surface area contributed by atoms with Crippen LogP contribution in [0.15, 0.2) is 0 Å². The lowest BCUT2D eigenvalue weighted by molar-refractivity contribution is -0.00974. The Bertz CT molecular complexity index is 220. The second-order valence-electron chi connectivity index (χ2n) is 4.01. The average Bonchev–Trinajstić information content (AvgIpc) is 2.60. The third kappa shape index (κ3) is 2.73. The summed E-state index contributed by atoms with van der Waals surface area (Å²) in [4.78, 5) is 0. The normalized spacial score (nSPS) is 28.2. The largest absolute Gasteiger partial charge is 0.374 e. The highest BCUT2D eigenvalue weighted by atomic mass is 16.5. The van der Waals surface area contributed by atoms with Gasteiger partial charge in [-0.2, -0.15) is 0 Å². The van der Waals surface area contributed by atoms with E-state index in [9.17, 15) is 0 Å². The van der Waals surface area contributed by atoms with Crippen molar-refractivity contribution in [1.82, 2.24) is 5.32 Å². The molecule has 0 aromatic carbocycles. The second-order valence-corrected chi connectivity index (χ2v) is 4.01. The topological polar surface area (TPSA) is 21.3 Å². The molecule has 0 saturated carbocycles. The van der Waals surface area contributed by atoms with Gasteiger partial charge in [0.05, 0.1) is 5.60 Å². The van der Waals surface area contributed by atoms with Gasteiger partial charge in [-0.05, 0) is 33.2 Å². The summed E-state index contributed by atoms with van der Waals surface area (Å²) in [6.45, 7) is 8.10. The summed E-state index contributed by atoms with van der Waals surface area (Å²) in [6, 6.07) is 0.377. The first-order valence-corrected chi connectivity index (χ1v) is 5.50. The highest BCUT2D eigenvalue weighted by Gasteiger charge is 2.37. The van der Waals surface area contributed by atoms with Crippen LogP contribution in [0.25, 0.3) is 0 Å². The van der Waals surface area contributed by atoms with Gasteiger partial charge in [0.15, 0.2) is 0 Å². The van der Waals surface area contributed by atoms with Crippen LogP contribution >= 0.6 is 0 Å². The van der Waals surface area contributed by atoms with Crippen LogP contribution in [0.1, 0.15) is 40.0 Å². The highest BCUT2D eigenvalue weighted by molar-refractivity contribution is 5.04. The van der Waals surface area contributed by atoms with Gasteiger partial charge in [-0.3, -0.25) is 0 Å². The van der Waals surface area contributed by atoms with Crippen LogP contribution < -0.4 is 5.32 Å². The zero-order valence-electron chi connectivity index (χ0n) is 9.52. The molecular formula is C12H21NO. The molecule has 1 rings (SSSR count). The standard InChI is InChI=1S/C12H21NO/c1-4-6-8-11(13-5-2)12(3)9-7-10-14-12/h11,13H,5,7-10H2,1-3H3. The molecule has 14 heavy (non-hydrogen) atoms. The second kappa shape index (κ2) is 5.38. The molecule has 0 amide bonds. The molecule has 1 saturated heterocycles. The first-order chi connectivity index (χ1) is 6.73. The minimum atomic E-state index is -0.000139. The number of likely N-dealkylation sites (N-methyl/N-ethyl adjacent to an activating group) is 1. The molecule has 1 aliphatic rings. The summed E-state index contributed by atoms with van der Waals surface area (Å²) in [5.74, 6) is 6.09. The maximum absolute atomic E-state index is 5.82. The molecule has 0 aromatic heterocycles. The minimum absolute atomic E-state index is 0.000139. The number of ether oxygens (including phenoxy) is 1. The van der Waals surface area contributed by atoms with E-state index >= 15 is 0 Å². The van der Waals surface area contributed by atoms with Crippen molar-refractivity contribution < 1.29 is 4.74 Å². The summed E-state index contributed by atoms with van der Waals surface area (Å²) in [7, 11) is 0. The summed E-state index contributed by atoms with van der Waals surface area (Å²) >= 11 is 0. The predicted molar refractivity (Wildman–Crippen MR) is 59.1 cm³/mol. The Balaban J connectivity index is 2.58. The SMILES string of the molecule is CC#CCC(NCC)C1(C)CCCO1. The molecule has 0 bridgehead atoms. The summed E-state index contributed by atoms with van der Waals surface area (Å²) in [6.07, 6.45) is 3.22. The van der Waals surface area contributed by atoms with E-state index in [4.69, 9.17) is 4.74 Å². The van der Waals surface area contributed by atoms with Crippen molar-refractivity contribution in [1.29, 1.82) is 0 Å². The molecule has 0 spiro atoms. The van der Waals surface area contributed by atoms with Crippen LogP contribution in [-0.4, -0.2) is 24.8 Å². The van der Waals surface area contributed by atoms with Crippen molar-refractivity contribution in [3.63, 3.8) is 0 Å². The maximum atomic E-state index is 5.82. The molecule has 2 atom stereocenters. The Hall–Kier alpha value is -0.520. The first kappa shape index (κ1) is 11.6. The molecule has 2 unspecified atom stereocenters. The third-order valence-corrected chi connectivity index (χ3v) is 2.92. The molecular weight excluding hydrogens is 174 g/mol. The summed E-state index contributed by atoms with van der Waals surface area (Å²) in [5.41, 5.74) is -0.000139. The molecule has 80 valence electrons. The van der Waals surface area contributed by atoms with Crippen LogP contribution in [0.4, 0.5) is 0 Å². The van der Waals surface area contributed by atoms with Crippen molar-refractivity contribution in [2.24, 2.45) is 0 Å². The van der Waals surface area contributed by atoms with Crippen molar-refractivity contribution in [3.8, 4) is 11.8 Å². The van der Waals surface area contributed by atoms with E-state index in [-0.39, 0.29) is 5.60 Å². The lowest BCUT2D eigenvalue weighted by atomic mass is 9.91. The Labute approximate surface area is 87.4 Å². The molecule has 2 heteroatoms. The zero-order valence-corrected chi connectivity index (χ0v) is 9.52. The third-order valence-electron chi connectivity index (χ3n) is 2.92. The number of hydrogen-bond donors (Lipinski definition) is 1. The van der Waals surface area contributed by atoms with E-state index < -0.39 is 0 Å². The molecule has 1 N–H and O–H groups in total. The van der Waals surface area contributed by atoms with E-state index in [1.807, 2.05) is 6.92 Å². The van der Waals surface area contributed by atoms with Crippen LogP contribution in [0.2, 0.25) is 0 Å². The predicted octanol–water partition coefficient (Wildman–Crippen LogP) is 1.95. The quantitative estimate of drug-likeness (QED) is 0.692. The van der Waals surface area contributed by atoms with E-state index in [1.165, 1.54) is 6.42 Å². The average molecular weight is 195 g/mol. The summed E-state index contributed by atoms with van der Waals surface area (Å²) < 4.78 is 5.82. The van der Waals surface area contributed by atoms with Crippen molar-refractivity contribution in [2.75, 3.05) is 13.2 Å². The van der Waals surface area contributed by atoms with Gasteiger partial charge in [0, 0.05) is 19.1 Å². The molecule has 0 radical (unpaired) electrons. The van der Waals surface area contributed by atoms with Crippen LogP contribution in [-0.2, 0) is 4.74 Å². The number of nitrogens with one attached hydrogen (secondary N) is 1. The lowest BCUT2D eigenvalue weighted by Gasteiger charge is -2.32. The van der Waals surface area contributed by atoms with Gasteiger partial charge in [0.1, 0.15) is 0 Å². The van der Waals surface area contributed by atoms with Gasteiger partial charge in [-0.1, -0.05) is 6.92 Å². The number of rotatable bonds is 4. The Kier molecular flexibility index (Phi) is 4.44. The van der Waals surface area contributed by atoms with Crippen LogP contribution in [0.3, 0.4) is 0 Å². The first-order valence-electron chi connectivity index (χ1n) is 5.50. The van der Waals surface area contributed by atoms with Gasteiger partial charge < -0.3 is 10.1 Å². The van der Waals surface area contributed by atoms with Crippen molar-refractivity contribution >= 4 is 0 Å². The van der Waals surface area contributed by atoms with E-state index in [2.05, 4.69) is 31.0 Å². The fraction of sp³-hybridized carbons (Fsp3) is 0.833. The van der Waals surface area contributed by atoms with Crippen molar-refractivity contribution in [3.05, 3.63) is 0 Å². The molecule has 1 heterocycles. The molecule has 0 aliphatic carbocycles. The maximum Gasteiger partial charge on any atom is 0.0816 e. The smallest absolute Gasteiger partial charge is 0.0816 e.